The van der Waals surface area contributed by atoms with Gasteiger partial charge >= 0.3 is 6.03 Å². The molecule has 0 aromatic heterocycles. The molecule has 0 saturated heterocycles. The number of nitrogens with zero attached hydrogens (tertiary/aromatic N) is 1. The zero-order valence-electron chi connectivity index (χ0n) is 12.6. The Morgan fingerprint density at radius 3 is 2.68 bits per heavy atom. The average Bonchev–Trinajstić information content (AvgIpc) is 3.21. The van der Waals surface area contributed by atoms with E-state index in [1.165, 1.54) is 4.31 Å². The van der Waals surface area contributed by atoms with Crippen molar-refractivity contribution in [1.82, 2.24) is 10.6 Å². The lowest BCUT2D eigenvalue weighted by molar-refractivity contribution is 0.241. The molecule has 0 bridgehead atoms. The quantitative estimate of drug-likeness (QED) is 0.826. The number of anilines is 1. The zero-order valence-corrected chi connectivity index (χ0v) is 14.2. The van der Waals surface area contributed by atoms with E-state index in [0.29, 0.717) is 16.3 Å². The van der Waals surface area contributed by atoms with Crippen LogP contribution in [0.1, 0.15) is 18.4 Å². The van der Waals surface area contributed by atoms with Gasteiger partial charge < -0.3 is 10.6 Å². The number of rotatable bonds is 6. The fourth-order valence-corrected chi connectivity index (χ4v) is 3.21. The fraction of sp³-hybridized carbons (Fsp3) is 0.500. The van der Waals surface area contributed by atoms with E-state index >= 15 is 0 Å². The van der Waals surface area contributed by atoms with Crippen molar-refractivity contribution in [3.63, 3.8) is 0 Å². The third-order valence-electron chi connectivity index (χ3n) is 3.42. The summed E-state index contributed by atoms with van der Waals surface area (Å²) in [7, 11) is -3.46. The SMILES string of the molecule is Cc1c(Cl)cccc1N(CCNC(=O)NC1CC1)S(C)(=O)=O. The van der Waals surface area contributed by atoms with Crippen LogP contribution in [0.25, 0.3) is 0 Å². The Bertz CT molecular complexity index is 659. The lowest BCUT2D eigenvalue weighted by atomic mass is 10.2. The third kappa shape index (κ3) is 4.51. The van der Waals surface area contributed by atoms with Gasteiger partial charge in [-0.3, -0.25) is 4.31 Å². The van der Waals surface area contributed by atoms with E-state index < -0.39 is 10.0 Å². The van der Waals surface area contributed by atoms with Gasteiger partial charge in [-0.05, 0) is 37.5 Å². The standard InChI is InChI=1S/C14H20ClN3O3S/c1-10-12(15)4-3-5-13(10)18(22(2,20)21)9-8-16-14(19)17-11-6-7-11/h3-5,11H,6-9H2,1-2H3,(H2,16,17,19). The Morgan fingerprint density at radius 2 is 2.09 bits per heavy atom. The molecule has 0 unspecified atom stereocenters. The molecular weight excluding hydrogens is 326 g/mol. The van der Waals surface area contributed by atoms with Crippen LogP contribution in [0.4, 0.5) is 10.5 Å². The normalized spacial score (nSPS) is 14.5. The molecule has 2 rings (SSSR count). The van der Waals surface area contributed by atoms with Gasteiger partial charge in [0.05, 0.1) is 18.5 Å². The van der Waals surface area contributed by atoms with Crippen molar-refractivity contribution in [3.05, 3.63) is 28.8 Å². The van der Waals surface area contributed by atoms with E-state index in [-0.39, 0.29) is 25.2 Å². The molecule has 1 aromatic rings. The first-order valence-electron chi connectivity index (χ1n) is 7.06. The maximum atomic E-state index is 12.0. The van der Waals surface area contributed by atoms with Crippen LogP contribution >= 0.6 is 11.6 Å². The molecule has 1 fully saturated rings. The highest BCUT2D eigenvalue weighted by atomic mass is 35.5. The van der Waals surface area contributed by atoms with Crippen LogP contribution < -0.4 is 14.9 Å². The third-order valence-corrected chi connectivity index (χ3v) is 5.01. The molecule has 1 aliphatic rings. The Labute approximate surface area is 135 Å². The van der Waals surface area contributed by atoms with E-state index in [9.17, 15) is 13.2 Å². The van der Waals surface area contributed by atoms with Gasteiger partial charge in [0, 0.05) is 17.6 Å². The number of halogens is 1. The van der Waals surface area contributed by atoms with Crippen molar-refractivity contribution in [2.75, 3.05) is 23.7 Å². The van der Waals surface area contributed by atoms with E-state index in [0.717, 1.165) is 19.1 Å². The largest absolute Gasteiger partial charge is 0.336 e. The average molecular weight is 346 g/mol. The number of urea groups is 1. The number of hydrogen-bond donors (Lipinski definition) is 2. The van der Waals surface area contributed by atoms with Gasteiger partial charge in [-0.1, -0.05) is 17.7 Å². The van der Waals surface area contributed by atoms with Crippen molar-refractivity contribution < 1.29 is 13.2 Å². The Kier molecular flexibility index (Phi) is 5.18. The highest BCUT2D eigenvalue weighted by molar-refractivity contribution is 7.92. The highest BCUT2D eigenvalue weighted by Crippen LogP contribution is 2.27. The summed E-state index contributed by atoms with van der Waals surface area (Å²) in [5.74, 6) is 0. The van der Waals surface area contributed by atoms with Crippen molar-refractivity contribution in [3.8, 4) is 0 Å². The minimum absolute atomic E-state index is 0.151. The Balaban J connectivity index is 2.03. The monoisotopic (exact) mass is 345 g/mol. The van der Waals surface area contributed by atoms with Crippen LogP contribution in [-0.4, -0.2) is 39.8 Å². The van der Waals surface area contributed by atoms with Crippen molar-refractivity contribution in [2.24, 2.45) is 0 Å². The minimum atomic E-state index is -3.46. The molecule has 1 aliphatic carbocycles. The maximum absolute atomic E-state index is 12.0. The fourth-order valence-electron chi connectivity index (χ4n) is 2.07. The van der Waals surface area contributed by atoms with Gasteiger partial charge in [0.1, 0.15) is 0 Å². The van der Waals surface area contributed by atoms with Crippen LogP contribution in [0.15, 0.2) is 18.2 Å². The summed E-state index contributed by atoms with van der Waals surface area (Å²) < 4.78 is 25.3. The number of benzene rings is 1. The second kappa shape index (κ2) is 6.75. The molecule has 122 valence electrons. The van der Waals surface area contributed by atoms with E-state index in [2.05, 4.69) is 10.6 Å². The highest BCUT2D eigenvalue weighted by Gasteiger charge is 2.24. The summed E-state index contributed by atoms with van der Waals surface area (Å²) in [6, 6.07) is 5.12. The van der Waals surface area contributed by atoms with Crippen LogP contribution in [0.3, 0.4) is 0 Å². The van der Waals surface area contributed by atoms with Gasteiger partial charge in [-0.25, -0.2) is 13.2 Å². The summed E-state index contributed by atoms with van der Waals surface area (Å²) >= 11 is 6.06. The number of carbonyl (C=O) groups excluding carboxylic acids is 1. The Hall–Kier alpha value is -1.47. The summed E-state index contributed by atoms with van der Waals surface area (Å²) in [6.45, 7) is 2.14. The topological polar surface area (TPSA) is 78.5 Å². The minimum Gasteiger partial charge on any atom is -0.336 e. The van der Waals surface area contributed by atoms with Crippen LogP contribution in [0.2, 0.25) is 5.02 Å². The first-order chi connectivity index (χ1) is 10.3. The molecule has 0 heterocycles. The van der Waals surface area contributed by atoms with Gasteiger partial charge in [0.15, 0.2) is 0 Å². The van der Waals surface area contributed by atoms with Crippen molar-refractivity contribution in [1.29, 1.82) is 0 Å². The smallest absolute Gasteiger partial charge is 0.315 e. The first-order valence-corrected chi connectivity index (χ1v) is 9.29. The molecule has 2 amide bonds. The van der Waals surface area contributed by atoms with Gasteiger partial charge in [-0.15, -0.1) is 0 Å². The van der Waals surface area contributed by atoms with E-state index in [1.54, 1.807) is 25.1 Å². The first kappa shape index (κ1) is 16.9. The van der Waals surface area contributed by atoms with E-state index in [4.69, 9.17) is 11.6 Å². The number of nitrogens with one attached hydrogen (secondary N) is 2. The summed E-state index contributed by atoms with van der Waals surface area (Å²) in [6.07, 6.45) is 3.15. The zero-order chi connectivity index (χ0) is 16.3. The summed E-state index contributed by atoms with van der Waals surface area (Å²) in [4.78, 5) is 11.6. The van der Waals surface area contributed by atoms with Gasteiger partial charge in [-0.2, -0.15) is 0 Å². The predicted octanol–water partition coefficient (Wildman–Crippen LogP) is 1.88. The molecule has 1 aromatic carbocycles. The Morgan fingerprint density at radius 1 is 1.41 bits per heavy atom. The number of amides is 2. The number of hydrogen-bond acceptors (Lipinski definition) is 3. The maximum Gasteiger partial charge on any atom is 0.315 e. The molecule has 2 N–H and O–H groups in total. The molecule has 0 radical (unpaired) electrons. The van der Waals surface area contributed by atoms with Crippen LogP contribution in [0.5, 0.6) is 0 Å². The molecule has 0 spiro atoms. The van der Waals surface area contributed by atoms with Gasteiger partial charge in [0.2, 0.25) is 10.0 Å². The molecule has 1 saturated carbocycles. The molecule has 0 atom stereocenters. The molecule has 22 heavy (non-hydrogen) atoms. The van der Waals surface area contributed by atoms with Crippen molar-refractivity contribution in [2.45, 2.75) is 25.8 Å². The predicted molar refractivity (Wildman–Crippen MR) is 87.9 cm³/mol. The van der Waals surface area contributed by atoms with Crippen LogP contribution in [0, 0.1) is 6.92 Å². The molecular formula is C14H20ClN3O3S. The molecule has 0 aliphatic heterocycles. The van der Waals surface area contributed by atoms with E-state index in [1.807, 2.05) is 0 Å². The molecule has 6 nitrogen and oxygen atoms in total. The van der Waals surface area contributed by atoms with Crippen LogP contribution in [-0.2, 0) is 10.0 Å². The summed E-state index contributed by atoms with van der Waals surface area (Å²) in [5.41, 5.74) is 1.22. The summed E-state index contributed by atoms with van der Waals surface area (Å²) in [5, 5.41) is 5.96. The number of sulfonamides is 1. The van der Waals surface area contributed by atoms with Crippen molar-refractivity contribution >= 4 is 33.3 Å². The molecule has 8 heteroatoms. The van der Waals surface area contributed by atoms with Gasteiger partial charge in [0.25, 0.3) is 0 Å². The second-order valence-corrected chi connectivity index (χ2v) is 7.71. The lowest BCUT2D eigenvalue weighted by Gasteiger charge is -2.24. The second-order valence-electron chi connectivity index (χ2n) is 5.39. The number of carbonyl (C=O) groups is 1. The lowest BCUT2D eigenvalue weighted by Crippen LogP contribution is -2.42.